The van der Waals surface area contributed by atoms with Gasteiger partial charge in [0.2, 0.25) is 24.3 Å². The maximum atomic E-state index is 14.3. The fraction of sp³-hybridized carbons (Fsp3) is 0.628. The number of esters is 5. The highest BCUT2D eigenvalue weighted by molar-refractivity contribution is 5.99. The Hall–Kier alpha value is -4.64. The largest absolute Gasteiger partial charge is 0.479 e. The highest BCUT2D eigenvalue weighted by atomic mass is 16.8. The normalized spacial score (nSPS) is 26.9. The lowest BCUT2D eigenvalue weighted by Crippen LogP contribution is -2.78. The highest BCUT2D eigenvalue weighted by Gasteiger charge is 2.86. The Labute approximate surface area is 345 Å². The molecule has 3 rings (SSSR count). The van der Waals surface area contributed by atoms with Crippen molar-refractivity contribution in [1.82, 2.24) is 0 Å². The monoisotopic (exact) mass is 832 g/mol. The van der Waals surface area contributed by atoms with Crippen molar-refractivity contribution in [1.29, 1.82) is 0 Å². The number of carboxylic acid groups (broad SMARTS) is 1. The second kappa shape index (κ2) is 21.1. The van der Waals surface area contributed by atoms with Gasteiger partial charge in [0.05, 0.1) is 6.61 Å². The first-order valence-electron chi connectivity index (χ1n) is 19.9. The van der Waals surface area contributed by atoms with Gasteiger partial charge in [-0.15, -0.1) is 0 Å². The summed E-state index contributed by atoms with van der Waals surface area (Å²) in [6.45, 7) is 16.4. The molecule has 10 atom stereocenters. The molecule has 3 N–H and O–H groups in total. The zero-order valence-electron chi connectivity index (χ0n) is 35.2. The Morgan fingerprint density at radius 1 is 0.966 bits per heavy atom. The fourth-order valence-electron chi connectivity index (χ4n) is 7.30. The second-order valence-electron chi connectivity index (χ2n) is 16.0. The summed E-state index contributed by atoms with van der Waals surface area (Å²) in [5, 5.41) is 35.2. The molecule has 1 aromatic carbocycles. The predicted molar refractivity (Wildman–Crippen MR) is 209 cm³/mol. The Bertz CT molecular complexity index is 1690. The van der Waals surface area contributed by atoms with E-state index in [0.717, 1.165) is 25.0 Å². The number of ether oxygens (including phenoxy) is 7. The summed E-state index contributed by atoms with van der Waals surface area (Å²) in [6, 6.07) is 9.36. The molecule has 2 saturated heterocycles. The van der Waals surface area contributed by atoms with Gasteiger partial charge in [-0.3, -0.25) is 9.59 Å². The first kappa shape index (κ1) is 48.7. The van der Waals surface area contributed by atoms with Crippen LogP contribution in [0, 0.1) is 23.7 Å². The minimum absolute atomic E-state index is 0.0221. The van der Waals surface area contributed by atoms with Crippen LogP contribution in [0.2, 0.25) is 0 Å². The molecular formula is C43H60O16. The molecular weight excluding hydrogens is 772 g/mol. The lowest BCUT2D eigenvalue weighted by atomic mass is 9.74. The molecule has 328 valence electrons. The molecule has 2 bridgehead atoms. The van der Waals surface area contributed by atoms with Gasteiger partial charge in [0, 0.05) is 32.3 Å². The van der Waals surface area contributed by atoms with Crippen LogP contribution in [-0.2, 0) is 68.3 Å². The Morgan fingerprint density at radius 2 is 1.63 bits per heavy atom. The maximum Gasteiger partial charge on any atom is 0.349 e. The van der Waals surface area contributed by atoms with Gasteiger partial charge in [-0.2, -0.15) is 0 Å². The van der Waals surface area contributed by atoms with Gasteiger partial charge in [0.25, 0.3) is 5.60 Å². The van der Waals surface area contributed by atoms with E-state index >= 15 is 0 Å². The van der Waals surface area contributed by atoms with E-state index in [0.29, 0.717) is 25.2 Å². The number of aliphatic hydroxyl groups excluding tert-OH is 1. The number of aliphatic hydroxyl groups is 2. The van der Waals surface area contributed by atoms with Crippen LogP contribution >= 0.6 is 0 Å². The molecule has 4 unspecified atom stereocenters. The van der Waals surface area contributed by atoms with E-state index in [1.807, 2.05) is 71.9 Å². The van der Waals surface area contributed by atoms with E-state index in [4.69, 9.17) is 33.2 Å². The van der Waals surface area contributed by atoms with Gasteiger partial charge >= 0.3 is 35.8 Å². The molecule has 0 spiro atoms. The first-order chi connectivity index (χ1) is 27.6. The first-order valence-corrected chi connectivity index (χ1v) is 19.9. The number of benzene rings is 1. The number of aliphatic carboxylic acids is 1. The van der Waals surface area contributed by atoms with Crippen molar-refractivity contribution in [3.05, 3.63) is 60.2 Å². The second-order valence-corrected chi connectivity index (χ2v) is 16.0. The molecule has 16 nitrogen and oxygen atoms in total. The van der Waals surface area contributed by atoms with E-state index in [2.05, 4.69) is 6.58 Å². The Morgan fingerprint density at radius 3 is 2.20 bits per heavy atom. The average molecular weight is 833 g/mol. The molecule has 0 aromatic heterocycles. The summed E-state index contributed by atoms with van der Waals surface area (Å²) in [5.74, 6) is -11.0. The number of hydrogen-bond acceptors (Lipinski definition) is 15. The number of allylic oxidation sites excluding steroid dienone is 1. The van der Waals surface area contributed by atoms with E-state index in [-0.39, 0.29) is 36.4 Å². The number of hydrogen-bond donors (Lipinski definition) is 3. The lowest BCUT2D eigenvalue weighted by Gasteiger charge is -2.49. The molecule has 0 radical (unpaired) electrons. The smallest absolute Gasteiger partial charge is 0.349 e. The predicted octanol–water partition coefficient (Wildman–Crippen LogP) is 4.37. The molecule has 2 fully saturated rings. The SMILES string of the molecule is C=C(CCC12OC(C(=O)OCCC(C)C)C(O)(C(=O)O)C(C(=O)OCOC(C)=O)(O1)[C@H](OC(=O)/C=C/[C@@H](C)C[C@@H](C)CC)[C@H]2O)[C@@H](OC(C)=O)[C@H](C)Cc1ccccc1. The van der Waals surface area contributed by atoms with Gasteiger partial charge in [0.15, 0.2) is 6.10 Å². The minimum atomic E-state index is -3.81. The number of carbonyl (C=O) groups excluding carboxylic acids is 5. The molecule has 16 heteroatoms. The molecule has 59 heavy (non-hydrogen) atoms. The van der Waals surface area contributed by atoms with E-state index < -0.39 is 90.4 Å². The Kier molecular flexibility index (Phi) is 17.4. The third-order valence-electron chi connectivity index (χ3n) is 10.7. The molecule has 2 aliphatic heterocycles. The van der Waals surface area contributed by atoms with E-state index in [9.17, 15) is 44.1 Å². The summed E-state index contributed by atoms with van der Waals surface area (Å²) in [7, 11) is 0. The average Bonchev–Trinajstić information content (AvgIpc) is 3.38. The quantitative estimate of drug-likeness (QED) is 0.0485. The van der Waals surface area contributed by atoms with Crippen molar-refractivity contribution in [2.75, 3.05) is 13.4 Å². The molecule has 1 aromatic rings. The van der Waals surface area contributed by atoms with Crippen LogP contribution in [0.1, 0.15) is 93.1 Å². The van der Waals surface area contributed by atoms with Gasteiger partial charge in [-0.05, 0) is 54.6 Å². The summed E-state index contributed by atoms with van der Waals surface area (Å²) in [5.41, 5.74) is -6.06. The molecule has 0 saturated carbocycles. The molecule has 0 amide bonds. The standard InChI is InChI=1S/C43H60O16/c1-10-26(4)22-27(5)16-17-33(46)57-36-35(47)41(20-18-28(6)34(56-31(9)45)29(7)23-32-14-12-11-13-15-32)58-37(38(48)53-21-19-25(2)3)42(52,39(49)50)43(36,59-41)40(51)55-24-54-30(8)44/h11-17,25-27,29,34-37,47,52H,6,10,18-24H2,1-5,7-9H3,(H,49,50)/b17-16+/t26-,27+,29+,34+,35+,36+,37?,41?,42?,43?/m0/s1. The topological polar surface area (TPSA) is 228 Å². The van der Waals surface area contributed by atoms with Crippen molar-refractivity contribution in [2.24, 2.45) is 23.7 Å². The number of fused-ring (bicyclic) bond motifs is 2. The van der Waals surface area contributed by atoms with Crippen LogP contribution < -0.4 is 0 Å². The summed E-state index contributed by atoms with van der Waals surface area (Å²) < 4.78 is 38.6. The number of carbonyl (C=O) groups is 6. The molecule has 0 aliphatic carbocycles. The van der Waals surface area contributed by atoms with E-state index in [1.54, 1.807) is 0 Å². The number of carboxylic acids is 1. The van der Waals surface area contributed by atoms with Crippen molar-refractivity contribution in [2.45, 2.75) is 135 Å². The maximum absolute atomic E-state index is 14.3. The van der Waals surface area contributed by atoms with Gasteiger partial charge in [0.1, 0.15) is 12.2 Å². The Balaban J connectivity index is 2.18. The van der Waals surface area contributed by atoms with Crippen LogP contribution in [0.25, 0.3) is 0 Å². The van der Waals surface area contributed by atoms with Crippen LogP contribution in [0.3, 0.4) is 0 Å². The number of rotatable bonds is 22. The van der Waals surface area contributed by atoms with Gasteiger partial charge < -0.3 is 48.5 Å². The third-order valence-corrected chi connectivity index (χ3v) is 10.7. The fourth-order valence-corrected chi connectivity index (χ4v) is 7.30. The van der Waals surface area contributed by atoms with Crippen molar-refractivity contribution >= 4 is 35.8 Å². The van der Waals surface area contributed by atoms with Crippen molar-refractivity contribution in [3.63, 3.8) is 0 Å². The van der Waals surface area contributed by atoms with Gasteiger partial charge in [-0.25, -0.2) is 19.2 Å². The van der Waals surface area contributed by atoms with Crippen molar-refractivity contribution < 1.29 is 77.2 Å². The zero-order valence-corrected chi connectivity index (χ0v) is 35.2. The molecule has 2 heterocycles. The summed E-state index contributed by atoms with van der Waals surface area (Å²) in [6.07, 6.45) is -4.15. The molecule has 2 aliphatic rings. The third kappa shape index (κ3) is 11.6. The zero-order chi connectivity index (χ0) is 44.3. The summed E-state index contributed by atoms with van der Waals surface area (Å²) >= 11 is 0. The summed E-state index contributed by atoms with van der Waals surface area (Å²) in [4.78, 5) is 78.9. The van der Waals surface area contributed by atoms with Crippen LogP contribution in [-0.4, -0.2) is 106 Å². The van der Waals surface area contributed by atoms with Crippen LogP contribution in [0.15, 0.2) is 54.6 Å². The minimum Gasteiger partial charge on any atom is -0.479 e. The van der Waals surface area contributed by atoms with E-state index in [1.165, 1.54) is 13.0 Å². The lowest BCUT2D eigenvalue weighted by molar-refractivity contribution is -0.375. The van der Waals surface area contributed by atoms with Crippen LogP contribution in [0.5, 0.6) is 0 Å². The van der Waals surface area contributed by atoms with Gasteiger partial charge in [-0.1, -0.05) is 91.0 Å². The highest BCUT2D eigenvalue weighted by Crippen LogP contribution is 2.56. The van der Waals surface area contributed by atoms with Crippen molar-refractivity contribution in [3.8, 4) is 0 Å². The van der Waals surface area contributed by atoms with Crippen LogP contribution in [0.4, 0.5) is 0 Å².